The van der Waals surface area contributed by atoms with Crippen molar-refractivity contribution in [2.24, 2.45) is 5.92 Å². The molecule has 1 aliphatic rings. The summed E-state index contributed by atoms with van der Waals surface area (Å²) < 4.78 is 0. The maximum Gasteiger partial charge on any atom is 0.00504 e. The van der Waals surface area contributed by atoms with Crippen LogP contribution in [0, 0.1) is 5.92 Å². The Morgan fingerprint density at radius 1 is 1.20 bits per heavy atom. The molecule has 2 atom stereocenters. The summed E-state index contributed by atoms with van der Waals surface area (Å²) in [6.45, 7) is 11.8. The van der Waals surface area contributed by atoms with E-state index in [1.54, 1.807) is 0 Å². The van der Waals surface area contributed by atoms with Crippen LogP contribution in [0.2, 0.25) is 0 Å². The molecule has 0 aliphatic carbocycles. The number of nitrogens with zero attached hydrogens (tertiary/aromatic N) is 1. The minimum absolute atomic E-state index is 0.607. The molecular weight excluding hydrogens is 244 g/mol. The van der Waals surface area contributed by atoms with E-state index in [-0.39, 0.29) is 0 Å². The fourth-order valence-electron chi connectivity index (χ4n) is 3.15. The van der Waals surface area contributed by atoms with Crippen LogP contribution in [0.25, 0.3) is 0 Å². The van der Waals surface area contributed by atoms with Gasteiger partial charge in [0.1, 0.15) is 0 Å². The van der Waals surface area contributed by atoms with Crippen molar-refractivity contribution < 1.29 is 0 Å². The highest BCUT2D eigenvalue weighted by Crippen LogP contribution is 2.20. The summed E-state index contributed by atoms with van der Waals surface area (Å²) >= 11 is 0. The molecule has 0 radical (unpaired) electrons. The van der Waals surface area contributed by atoms with Crippen molar-refractivity contribution in [2.75, 3.05) is 26.2 Å². The second kappa shape index (κ2) is 7.80. The molecule has 1 aromatic rings. The molecular formula is C18H30N2. The summed E-state index contributed by atoms with van der Waals surface area (Å²) in [6.07, 6.45) is 2.72. The summed E-state index contributed by atoms with van der Waals surface area (Å²) in [6, 6.07) is 11.5. The molecule has 1 heterocycles. The molecule has 0 amide bonds. The SMILES string of the molecule is CC(CN(CC1CCCNC1)C(C)C)c1ccccc1. The molecule has 1 N–H and O–H groups in total. The van der Waals surface area contributed by atoms with Crippen molar-refractivity contribution in [3.05, 3.63) is 35.9 Å². The molecule has 2 unspecified atom stereocenters. The molecule has 2 nitrogen and oxygen atoms in total. The van der Waals surface area contributed by atoms with Gasteiger partial charge >= 0.3 is 0 Å². The first-order chi connectivity index (χ1) is 9.66. The standard InChI is InChI=1S/C18H30N2/c1-15(2)20(14-17-8-7-11-19-12-17)13-16(3)18-9-5-4-6-10-18/h4-6,9-10,15-17,19H,7-8,11-14H2,1-3H3. The number of benzene rings is 1. The van der Waals surface area contributed by atoms with Crippen molar-refractivity contribution >= 4 is 0 Å². The third kappa shape index (κ3) is 4.60. The Morgan fingerprint density at radius 3 is 2.55 bits per heavy atom. The zero-order valence-corrected chi connectivity index (χ0v) is 13.3. The largest absolute Gasteiger partial charge is 0.316 e. The number of hydrogen-bond acceptors (Lipinski definition) is 2. The quantitative estimate of drug-likeness (QED) is 0.854. The first-order valence-electron chi connectivity index (χ1n) is 8.16. The van der Waals surface area contributed by atoms with Gasteiger partial charge < -0.3 is 10.2 Å². The van der Waals surface area contributed by atoms with Gasteiger partial charge in [-0.05, 0) is 57.2 Å². The fourth-order valence-corrected chi connectivity index (χ4v) is 3.15. The molecule has 20 heavy (non-hydrogen) atoms. The van der Waals surface area contributed by atoms with Gasteiger partial charge in [-0.1, -0.05) is 37.3 Å². The molecule has 1 fully saturated rings. The molecule has 1 saturated heterocycles. The Morgan fingerprint density at radius 2 is 1.95 bits per heavy atom. The summed E-state index contributed by atoms with van der Waals surface area (Å²) in [5.74, 6) is 1.43. The smallest absolute Gasteiger partial charge is 0.00504 e. The third-order valence-electron chi connectivity index (χ3n) is 4.50. The number of hydrogen-bond donors (Lipinski definition) is 1. The Hall–Kier alpha value is -0.860. The summed E-state index contributed by atoms with van der Waals surface area (Å²) in [4.78, 5) is 2.66. The van der Waals surface area contributed by atoms with E-state index in [0.717, 1.165) is 12.5 Å². The maximum atomic E-state index is 3.54. The molecule has 112 valence electrons. The van der Waals surface area contributed by atoms with E-state index >= 15 is 0 Å². The minimum Gasteiger partial charge on any atom is -0.316 e. The zero-order chi connectivity index (χ0) is 14.4. The molecule has 2 rings (SSSR count). The van der Waals surface area contributed by atoms with E-state index in [1.807, 2.05) is 0 Å². The molecule has 0 bridgehead atoms. The van der Waals surface area contributed by atoms with Crippen LogP contribution in [0.15, 0.2) is 30.3 Å². The van der Waals surface area contributed by atoms with Crippen LogP contribution in [0.3, 0.4) is 0 Å². The first kappa shape index (κ1) is 15.5. The second-order valence-electron chi connectivity index (χ2n) is 6.57. The molecule has 2 heteroatoms. The number of rotatable bonds is 6. The Balaban J connectivity index is 1.91. The van der Waals surface area contributed by atoms with E-state index in [0.29, 0.717) is 12.0 Å². The molecule has 0 saturated carbocycles. The summed E-state index contributed by atoms with van der Waals surface area (Å²) in [5, 5.41) is 3.54. The predicted octanol–water partition coefficient (Wildman–Crippen LogP) is 3.50. The fraction of sp³-hybridized carbons (Fsp3) is 0.667. The lowest BCUT2D eigenvalue weighted by Gasteiger charge is -2.34. The average molecular weight is 274 g/mol. The van der Waals surface area contributed by atoms with E-state index in [9.17, 15) is 0 Å². The molecule has 1 aromatic carbocycles. The lowest BCUT2D eigenvalue weighted by Crippen LogP contribution is -2.42. The normalized spacial score (nSPS) is 21.4. The van der Waals surface area contributed by atoms with Crippen LogP contribution in [0.5, 0.6) is 0 Å². The van der Waals surface area contributed by atoms with Crippen LogP contribution in [0.4, 0.5) is 0 Å². The van der Waals surface area contributed by atoms with Gasteiger partial charge in [0, 0.05) is 19.1 Å². The highest BCUT2D eigenvalue weighted by atomic mass is 15.2. The maximum absolute atomic E-state index is 3.54. The predicted molar refractivity (Wildman–Crippen MR) is 87.2 cm³/mol. The summed E-state index contributed by atoms with van der Waals surface area (Å²) in [7, 11) is 0. The van der Waals surface area contributed by atoms with Crippen molar-refractivity contribution in [3.8, 4) is 0 Å². The summed E-state index contributed by atoms with van der Waals surface area (Å²) in [5.41, 5.74) is 1.46. The van der Waals surface area contributed by atoms with Crippen LogP contribution < -0.4 is 5.32 Å². The number of piperidine rings is 1. The Labute approximate surface area is 124 Å². The van der Waals surface area contributed by atoms with E-state index in [4.69, 9.17) is 0 Å². The Kier molecular flexibility index (Phi) is 6.06. The third-order valence-corrected chi connectivity index (χ3v) is 4.50. The molecule has 0 aromatic heterocycles. The highest BCUT2D eigenvalue weighted by Gasteiger charge is 2.20. The second-order valence-corrected chi connectivity index (χ2v) is 6.57. The van der Waals surface area contributed by atoms with Gasteiger partial charge in [0.2, 0.25) is 0 Å². The monoisotopic (exact) mass is 274 g/mol. The Bertz CT molecular complexity index is 368. The first-order valence-corrected chi connectivity index (χ1v) is 8.16. The number of nitrogens with one attached hydrogen (secondary N) is 1. The lowest BCUT2D eigenvalue weighted by molar-refractivity contribution is 0.164. The van der Waals surface area contributed by atoms with Crippen LogP contribution in [0.1, 0.15) is 45.1 Å². The van der Waals surface area contributed by atoms with Gasteiger partial charge in [-0.25, -0.2) is 0 Å². The lowest BCUT2D eigenvalue weighted by atomic mass is 9.96. The van der Waals surface area contributed by atoms with Crippen molar-refractivity contribution in [1.82, 2.24) is 10.2 Å². The topological polar surface area (TPSA) is 15.3 Å². The van der Waals surface area contributed by atoms with Gasteiger partial charge in [0.25, 0.3) is 0 Å². The average Bonchev–Trinajstić information content (AvgIpc) is 2.48. The minimum atomic E-state index is 0.607. The van der Waals surface area contributed by atoms with Gasteiger partial charge in [-0.15, -0.1) is 0 Å². The van der Waals surface area contributed by atoms with Gasteiger partial charge in [-0.3, -0.25) is 0 Å². The van der Waals surface area contributed by atoms with Crippen molar-refractivity contribution in [2.45, 2.75) is 45.6 Å². The van der Waals surface area contributed by atoms with Crippen molar-refractivity contribution in [1.29, 1.82) is 0 Å². The highest BCUT2D eigenvalue weighted by molar-refractivity contribution is 5.19. The van der Waals surface area contributed by atoms with E-state index < -0.39 is 0 Å². The van der Waals surface area contributed by atoms with Crippen LogP contribution in [-0.2, 0) is 0 Å². The van der Waals surface area contributed by atoms with Crippen LogP contribution in [-0.4, -0.2) is 37.1 Å². The zero-order valence-electron chi connectivity index (χ0n) is 13.3. The van der Waals surface area contributed by atoms with Gasteiger partial charge in [-0.2, -0.15) is 0 Å². The van der Waals surface area contributed by atoms with Gasteiger partial charge in [0.15, 0.2) is 0 Å². The molecule has 1 aliphatic heterocycles. The van der Waals surface area contributed by atoms with E-state index in [2.05, 4.69) is 61.3 Å². The van der Waals surface area contributed by atoms with Gasteiger partial charge in [0.05, 0.1) is 0 Å². The van der Waals surface area contributed by atoms with Crippen LogP contribution >= 0.6 is 0 Å². The van der Waals surface area contributed by atoms with Crippen molar-refractivity contribution in [3.63, 3.8) is 0 Å². The van der Waals surface area contributed by atoms with E-state index in [1.165, 1.54) is 38.0 Å². The molecule has 0 spiro atoms.